The Morgan fingerprint density at radius 3 is 2.86 bits per heavy atom. The number of carboxylic acids is 1. The molecule has 70 valence electrons. The highest BCUT2D eigenvalue weighted by Gasteiger charge is 2.09. The van der Waals surface area contributed by atoms with Gasteiger partial charge in [-0.05, 0) is 6.07 Å². The number of hydrogen-bond acceptors (Lipinski definition) is 4. The van der Waals surface area contributed by atoms with Crippen LogP contribution in [0, 0.1) is 0 Å². The molecule has 0 spiro atoms. The van der Waals surface area contributed by atoms with Crippen molar-refractivity contribution in [2.45, 2.75) is 0 Å². The summed E-state index contributed by atoms with van der Waals surface area (Å²) in [6, 6.07) is 2.74. The summed E-state index contributed by atoms with van der Waals surface area (Å²) in [6.07, 6.45) is 2.56. The zero-order valence-corrected chi connectivity index (χ0v) is 7.01. The van der Waals surface area contributed by atoms with Crippen LogP contribution in [0.2, 0.25) is 0 Å². The largest absolute Gasteiger partial charge is 0.506 e. The van der Waals surface area contributed by atoms with Crippen LogP contribution >= 0.6 is 0 Å². The van der Waals surface area contributed by atoms with Gasteiger partial charge in [0.1, 0.15) is 11.3 Å². The molecule has 2 aromatic heterocycles. The summed E-state index contributed by atoms with van der Waals surface area (Å²) in [4.78, 5) is 18.5. The Bertz CT molecular complexity index is 510. The first kappa shape index (κ1) is 8.43. The number of fused-ring (bicyclic) bond motifs is 1. The van der Waals surface area contributed by atoms with Crippen LogP contribution in [0.4, 0.5) is 0 Å². The van der Waals surface area contributed by atoms with Crippen molar-refractivity contribution >= 4 is 17.0 Å². The average molecular weight is 190 g/mol. The van der Waals surface area contributed by atoms with Gasteiger partial charge in [0.2, 0.25) is 0 Å². The van der Waals surface area contributed by atoms with E-state index in [9.17, 15) is 4.79 Å². The van der Waals surface area contributed by atoms with Gasteiger partial charge in [-0.2, -0.15) is 0 Å². The second-order valence-corrected chi connectivity index (χ2v) is 2.72. The molecule has 0 aliphatic heterocycles. The summed E-state index contributed by atoms with van der Waals surface area (Å²) < 4.78 is 0. The first-order valence-electron chi connectivity index (χ1n) is 3.85. The Hall–Kier alpha value is -2.17. The van der Waals surface area contributed by atoms with Crippen LogP contribution in [0.1, 0.15) is 10.4 Å². The predicted molar refractivity (Wildman–Crippen MR) is 48.2 cm³/mol. The Labute approximate surface area is 78.7 Å². The van der Waals surface area contributed by atoms with Crippen molar-refractivity contribution in [3.8, 4) is 5.75 Å². The molecular formula is C9H6N2O3. The normalized spacial score (nSPS) is 10.3. The maximum atomic E-state index is 10.8. The van der Waals surface area contributed by atoms with Crippen LogP contribution in [0.3, 0.4) is 0 Å². The van der Waals surface area contributed by atoms with E-state index in [1.807, 2.05) is 0 Å². The number of carboxylic acid groups (broad SMARTS) is 1. The zero-order chi connectivity index (χ0) is 10.1. The van der Waals surface area contributed by atoms with E-state index < -0.39 is 5.97 Å². The average Bonchev–Trinajstić information content (AvgIpc) is 2.16. The van der Waals surface area contributed by atoms with E-state index in [4.69, 9.17) is 10.2 Å². The number of aromatic nitrogens is 2. The lowest BCUT2D eigenvalue weighted by Gasteiger charge is -2.00. The topological polar surface area (TPSA) is 83.3 Å². The van der Waals surface area contributed by atoms with Gasteiger partial charge in [0.15, 0.2) is 0 Å². The SMILES string of the molecule is O=C(O)c1ccnc2cc(O)cnc12. The first-order valence-corrected chi connectivity index (χ1v) is 3.85. The Morgan fingerprint density at radius 2 is 2.14 bits per heavy atom. The minimum Gasteiger partial charge on any atom is -0.506 e. The fraction of sp³-hybridized carbons (Fsp3) is 0. The number of pyridine rings is 2. The van der Waals surface area contributed by atoms with Crippen molar-refractivity contribution in [2.24, 2.45) is 0 Å². The van der Waals surface area contributed by atoms with Crippen LogP contribution in [-0.4, -0.2) is 26.2 Å². The van der Waals surface area contributed by atoms with E-state index >= 15 is 0 Å². The van der Waals surface area contributed by atoms with Crippen LogP contribution in [-0.2, 0) is 0 Å². The Kier molecular flexibility index (Phi) is 1.78. The molecule has 0 fully saturated rings. The molecule has 0 aromatic carbocycles. The van der Waals surface area contributed by atoms with E-state index in [1.165, 1.54) is 24.5 Å². The standard InChI is InChI=1S/C9H6N2O3/c12-5-3-7-8(11-4-5)6(9(13)14)1-2-10-7/h1-4,12H,(H,13,14). The lowest BCUT2D eigenvalue weighted by Crippen LogP contribution is -1.99. The van der Waals surface area contributed by atoms with Gasteiger partial charge in [0.25, 0.3) is 0 Å². The fourth-order valence-electron chi connectivity index (χ4n) is 1.19. The first-order chi connectivity index (χ1) is 6.68. The van der Waals surface area contributed by atoms with Gasteiger partial charge in [-0.3, -0.25) is 4.98 Å². The number of rotatable bonds is 1. The predicted octanol–water partition coefficient (Wildman–Crippen LogP) is 1.03. The molecular weight excluding hydrogens is 184 g/mol. The lowest BCUT2D eigenvalue weighted by atomic mass is 10.2. The van der Waals surface area contributed by atoms with E-state index in [-0.39, 0.29) is 16.8 Å². The van der Waals surface area contributed by atoms with Gasteiger partial charge in [-0.1, -0.05) is 0 Å². The minimum absolute atomic E-state index is 0.0347. The van der Waals surface area contributed by atoms with Crippen LogP contribution < -0.4 is 0 Å². The Balaban J connectivity index is 2.81. The summed E-state index contributed by atoms with van der Waals surface area (Å²) in [7, 11) is 0. The van der Waals surface area contributed by atoms with Gasteiger partial charge in [0, 0.05) is 12.3 Å². The Morgan fingerprint density at radius 1 is 1.36 bits per heavy atom. The summed E-state index contributed by atoms with van der Waals surface area (Å²) in [5, 5.41) is 17.9. The molecule has 0 saturated carbocycles. The fourth-order valence-corrected chi connectivity index (χ4v) is 1.19. The molecule has 0 amide bonds. The highest BCUT2D eigenvalue weighted by atomic mass is 16.4. The van der Waals surface area contributed by atoms with Gasteiger partial charge in [-0.15, -0.1) is 0 Å². The molecule has 2 aromatic rings. The maximum absolute atomic E-state index is 10.8. The molecule has 0 bridgehead atoms. The molecule has 5 nitrogen and oxygen atoms in total. The molecule has 2 rings (SSSR count). The molecule has 0 aliphatic carbocycles. The molecule has 5 heteroatoms. The molecule has 14 heavy (non-hydrogen) atoms. The van der Waals surface area contributed by atoms with Crippen LogP contribution in [0.15, 0.2) is 24.5 Å². The molecule has 0 unspecified atom stereocenters. The highest BCUT2D eigenvalue weighted by molar-refractivity contribution is 6.00. The third kappa shape index (κ3) is 1.24. The second kappa shape index (κ2) is 2.95. The summed E-state index contributed by atoms with van der Waals surface area (Å²) in [5.74, 6) is -1.09. The maximum Gasteiger partial charge on any atom is 0.338 e. The van der Waals surface area contributed by atoms with Gasteiger partial charge in [0.05, 0.1) is 17.3 Å². The van der Waals surface area contributed by atoms with Crippen LogP contribution in [0.5, 0.6) is 5.75 Å². The van der Waals surface area contributed by atoms with Crippen LogP contribution in [0.25, 0.3) is 11.0 Å². The van der Waals surface area contributed by atoms with Crippen molar-refractivity contribution in [3.63, 3.8) is 0 Å². The number of aromatic carboxylic acids is 1. The smallest absolute Gasteiger partial charge is 0.338 e. The van der Waals surface area contributed by atoms with E-state index in [1.54, 1.807) is 0 Å². The lowest BCUT2D eigenvalue weighted by molar-refractivity contribution is 0.0698. The zero-order valence-electron chi connectivity index (χ0n) is 7.01. The number of nitrogens with zero attached hydrogens (tertiary/aromatic N) is 2. The third-order valence-corrected chi connectivity index (χ3v) is 1.79. The van der Waals surface area contributed by atoms with Crippen molar-refractivity contribution in [1.29, 1.82) is 0 Å². The van der Waals surface area contributed by atoms with E-state index in [2.05, 4.69) is 9.97 Å². The molecule has 2 heterocycles. The number of hydrogen-bond donors (Lipinski definition) is 2. The van der Waals surface area contributed by atoms with E-state index in [0.717, 1.165) is 0 Å². The molecule has 0 radical (unpaired) electrons. The molecule has 2 N–H and O–H groups in total. The summed E-state index contributed by atoms with van der Waals surface area (Å²) >= 11 is 0. The van der Waals surface area contributed by atoms with Gasteiger partial charge in [-0.25, -0.2) is 9.78 Å². The third-order valence-electron chi connectivity index (χ3n) is 1.79. The number of carbonyl (C=O) groups is 1. The number of aromatic hydroxyl groups is 1. The quantitative estimate of drug-likeness (QED) is 0.701. The second-order valence-electron chi connectivity index (χ2n) is 2.72. The van der Waals surface area contributed by atoms with Crippen molar-refractivity contribution in [2.75, 3.05) is 0 Å². The molecule has 0 saturated heterocycles. The molecule has 0 aliphatic rings. The van der Waals surface area contributed by atoms with E-state index in [0.29, 0.717) is 5.52 Å². The van der Waals surface area contributed by atoms with Crippen molar-refractivity contribution < 1.29 is 15.0 Å². The minimum atomic E-state index is -1.06. The highest BCUT2D eigenvalue weighted by Crippen LogP contribution is 2.17. The summed E-state index contributed by atoms with van der Waals surface area (Å²) in [5.41, 5.74) is 0.720. The van der Waals surface area contributed by atoms with Gasteiger partial charge < -0.3 is 10.2 Å². The summed E-state index contributed by atoms with van der Waals surface area (Å²) in [6.45, 7) is 0. The monoisotopic (exact) mass is 190 g/mol. The molecule has 0 atom stereocenters. The van der Waals surface area contributed by atoms with Crippen molar-refractivity contribution in [3.05, 3.63) is 30.1 Å². The van der Waals surface area contributed by atoms with Crippen molar-refractivity contribution in [1.82, 2.24) is 9.97 Å². The van der Waals surface area contributed by atoms with Gasteiger partial charge >= 0.3 is 5.97 Å².